The SMILES string of the molecule is Cc1cc(OC[C@H]2c3ccsc3CCN2C(=O)CN(C(=O)c2cccs2)C2CC2)ccc1Cl. The number of carbonyl (C=O) groups excluding carboxylic acids is 2. The van der Waals surface area contributed by atoms with Gasteiger partial charge in [0, 0.05) is 22.5 Å². The minimum atomic E-state index is -0.179. The fraction of sp³-hybridized carbons (Fsp3) is 0.360. The third-order valence-electron chi connectivity index (χ3n) is 6.24. The summed E-state index contributed by atoms with van der Waals surface area (Å²) in [4.78, 5) is 32.2. The minimum absolute atomic E-state index is 0.0236. The highest BCUT2D eigenvalue weighted by Gasteiger charge is 2.38. The van der Waals surface area contributed by atoms with Crippen LogP contribution in [0.2, 0.25) is 5.02 Å². The van der Waals surface area contributed by atoms with Crippen molar-refractivity contribution in [1.82, 2.24) is 9.80 Å². The number of nitrogens with zero attached hydrogens (tertiary/aromatic N) is 2. The molecule has 0 spiro atoms. The summed E-state index contributed by atoms with van der Waals surface area (Å²) < 4.78 is 6.13. The van der Waals surface area contributed by atoms with Crippen LogP contribution >= 0.6 is 34.3 Å². The molecule has 1 aliphatic carbocycles. The van der Waals surface area contributed by atoms with E-state index < -0.39 is 0 Å². The lowest BCUT2D eigenvalue weighted by molar-refractivity contribution is -0.135. The van der Waals surface area contributed by atoms with Crippen LogP contribution in [-0.4, -0.2) is 47.4 Å². The molecule has 0 unspecified atom stereocenters. The highest BCUT2D eigenvalue weighted by molar-refractivity contribution is 7.12. The summed E-state index contributed by atoms with van der Waals surface area (Å²) in [5.41, 5.74) is 2.10. The second-order valence-electron chi connectivity index (χ2n) is 8.52. The van der Waals surface area contributed by atoms with Crippen LogP contribution in [0.4, 0.5) is 0 Å². The Morgan fingerprint density at radius 3 is 2.76 bits per heavy atom. The molecule has 1 saturated carbocycles. The molecule has 172 valence electrons. The predicted molar refractivity (Wildman–Crippen MR) is 133 cm³/mol. The largest absolute Gasteiger partial charge is 0.491 e. The van der Waals surface area contributed by atoms with Crippen molar-refractivity contribution in [3.05, 3.63) is 73.1 Å². The normalized spacial score (nSPS) is 17.5. The van der Waals surface area contributed by atoms with Gasteiger partial charge in [0.25, 0.3) is 5.91 Å². The quantitative estimate of drug-likeness (QED) is 0.425. The Bertz CT molecular complexity index is 1160. The smallest absolute Gasteiger partial charge is 0.264 e. The van der Waals surface area contributed by atoms with Crippen LogP contribution < -0.4 is 4.74 Å². The summed E-state index contributed by atoms with van der Waals surface area (Å²) in [7, 11) is 0. The third-order valence-corrected chi connectivity index (χ3v) is 8.52. The lowest BCUT2D eigenvalue weighted by Gasteiger charge is -2.37. The molecule has 3 aromatic rings. The monoisotopic (exact) mass is 500 g/mol. The van der Waals surface area contributed by atoms with E-state index in [-0.39, 0.29) is 30.4 Å². The number of fused-ring (bicyclic) bond motifs is 1. The van der Waals surface area contributed by atoms with Crippen LogP contribution in [0.25, 0.3) is 0 Å². The van der Waals surface area contributed by atoms with Gasteiger partial charge in [0.2, 0.25) is 5.91 Å². The fourth-order valence-electron chi connectivity index (χ4n) is 4.29. The number of halogens is 1. The zero-order valence-electron chi connectivity index (χ0n) is 18.3. The molecule has 5 rings (SSSR count). The Balaban J connectivity index is 1.34. The average Bonchev–Trinajstić information content (AvgIpc) is 3.29. The molecule has 2 amide bonds. The molecule has 5 nitrogen and oxygen atoms in total. The van der Waals surface area contributed by atoms with Crippen molar-refractivity contribution in [1.29, 1.82) is 0 Å². The Hall–Kier alpha value is -2.35. The van der Waals surface area contributed by atoms with E-state index in [2.05, 4.69) is 11.4 Å². The van der Waals surface area contributed by atoms with Crippen LogP contribution in [-0.2, 0) is 11.2 Å². The molecule has 0 N–H and O–H groups in total. The van der Waals surface area contributed by atoms with Gasteiger partial charge in [-0.05, 0) is 78.4 Å². The zero-order valence-corrected chi connectivity index (χ0v) is 20.7. The van der Waals surface area contributed by atoms with Gasteiger partial charge in [0.1, 0.15) is 18.9 Å². The maximum atomic E-state index is 13.5. The molecule has 3 heterocycles. The van der Waals surface area contributed by atoms with Gasteiger partial charge in [-0.2, -0.15) is 0 Å². The number of ether oxygens (including phenoxy) is 1. The maximum Gasteiger partial charge on any atom is 0.264 e. The summed E-state index contributed by atoms with van der Waals surface area (Å²) in [6.07, 6.45) is 2.75. The molecule has 2 aliphatic rings. The summed E-state index contributed by atoms with van der Waals surface area (Å²) in [5, 5.41) is 4.68. The topological polar surface area (TPSA) is 49.9 Å². The third kappa shape index (κ3) is 4.81. The number of amides is 2. The zero-order chi connectivity index (χ0) is 22.9. The molecule has 1 atom stereocenters. The predicted octanol–water partition coefficient (Wildman–Crippen LogP) is 5.58. The van der Waals surface area contributed by atoms with E-state index >= 15 is 0 Å². The number of aryl methyl sites for hydroxylation is 1. The first-order chi connectivity index (χ1) is 16.0. The first-order valence-electron chi connectivity index (χ1n) is 11.1. The molecule has 2 aromatic heterocycles. The van der Waals surface area contributed by atoms with Gasteiger partial charge < -0.3 is 14.5 Å². The van der Waals surface area contributed by atoms with Crippen molar-refractivity contribution in [2.24, 2.45) is 0 Å². The van der Waals surface area contributed by atoms with Gasteiger partial charge in [-0.1, -0.05) is 17.7 Å². The van der Waals surface area contributed by atoms with E-state index in [9.17, 15) is 9.59 Å². The lowest BCUT2D eigenvalue weighted by Crippen LogP contribution is -2.48. The van der Waals surface area contributed by atoms with Gasteiger partial charge in [0.15, 0.2) is 0 Å². The molecular weight excluding hydrogens is 476 g/mol. The number of benzene rings is 1. The molecule has 33 heavy (non-hydrogen) atoms. The first-order valence-corrected chi connectivity index (χ1v) is 13.2. The second-order valence-corrected chi connectivity index (χ2v) is 10.9. The second kappa shape index (κ2) is 9.49. The van der Waals surface area contributed by atoms with E-state index in [1.54, 1.807) is 16.2 Å². The van der Waals surface area contributed by atoms with Crippen molar-refractivity contribution in [3.8, 4) is 5.75 Å². The van der Waals surface area contributed by atoms with Crippen molar-refractivity contribution < 1.29 is 14.3 Å². The van der Waals surface area contributed by atoms with Gasteiger partial charge in [-0.25, -0.2) is 0 Å². The summed E-state index contributed by atoms with van der Waals surface area (Å²) in [6, 6.07) is 11.4. The van der Waals surface area contributed by atoms with Gasteiger partial charge in [0.05, 0.1) is 10.9 Å². The van der Waals surface area contributed by atoms with Crippen molar-refractivity contribution in [2.75, 3.05) is 19.7 Å². The maximum absolute atomic E-state index is 13.5. The summed E-state index contributed by atoms with van der Waals surface area (Å²) in [5.74, 6) is 0.669. The lowest BCUT2D eigenvalue weighted by atomic mass is 10.0. The van der Waals surface area contributed by atoms with E-state index in [0.717, 1.165) is 36.1 Å². The number of thiophene rings is 2. The Morgan fingerprint density at radius 1 is 1.18 bits per heavy atom. The number of hydrogen-bond acceptors (Lipinski definition) is 5. The first kappa shape index (κ1) is 22.4. The molecule has 1 aliphatic heterocycles. The standard InChI is InChI=1S/C25H25ClN2O3S2/c1-16-13-18(6-7-20(16)26)31-15-21-19-9-12-33-22(19)8-10-27(21)24(29)14-28(17-4-5-17)25(30)23-3-2-11-32-23/h2-3,6-7,9,11-13,17,21H,4-5,8,10,14-15H2,1H3/t21-/m0/s1. The van der Waals surface area contributed by atoms with Crippen molar-refractivity contribution in [3.63, 3.8) is 0 Å². The van der Waals surface area contributed by atoms with Crippen LogP contribution in [0.3, 0.4) is 0 Å². The number of rotatable bonds is 7. The molecule has 8 heteroatoms. The van der Waals surface area contributed by atoms with Crippen LogP contribution in [0, 0.1) is 6.92 Å². The molecule has 1 aromatic carbocycles. The van der Waals surface area contributed by atoms with E-state index in [1.807, 2.05) is 47.5 Å². The van der Waals surface area contributed by atoms with E-state index in [1.165, 1.54) is 16.2 Å². The van der Waals surface area contributed by atoms with E-state index in [4.69, 9.17) is 16.3 Å². The van der Waals surface area contributed by atoms with Crippen LogP contribution in [0.5, 0.6) is 5.75 Å². The molecule has 0 radical (unpaired) electrons. The molecular formula is C25H25ClN2O3S2. The van der Waals surface area contributed by atoms with Crippen molar-refractivity contribution in [2.45, 2.75) is 38.3 Å². The van der Waals surface area contributed by atoms with Crippen LogP contribution in [0.1, 0.15) is 44.6 Å². The van der Waals surface area contributed by atoms with E-state index in [0.29, 0.717) is 23.1 Å². The minimum Gasteiger partial charge on any atom is -0.491 e. The highest BCUT2D eigenvalue weighted by atomic mass is 35.5. The van der Waals surface area contributed by atoms with Gasteiger partial charge >= 0.3 is 0 Å². The Labute approximate surface area is 206 Å². The van der Waals surface area contributed by atoms with Crippen LogP contribution in [0.15, 0.2) is 47.2 Å². The van der Waals surface area contributed by atoms with Gasteiger partial charge in [-0.15, -0.1) is 22.7 Å². The number of carbonyl (C=O) groups is 2. The Morgan fingerprint density at radius 2 is 2.03 bits per heavy atom. The fourth-order valence-corrected chi connectivity index (χ4v) is 6.01. The summed E-state index contributed by atoms with van der Waals surface area (Å²) in [6.45, 7) is 3.04. The molecule has 0 saturated heterocycles. The Kier molecular flexibility index (Phi) is 6.45. The molecule has 1 fully saturated rings. The summed E-state index contributed by atoms with van der Waals surface area (Å²) >= 11 is 9.30. The highest BCUT2D eigenvalue weighted by Crippen LogP contribution is 2.35. The number of hydrogen-bond donors (Lipinski definition) is 0. The van der Waals surface area contributed by atoms with Gasteiger partial charge in [-0.3, -0.25) is 9.59 Å². The molecule has 0 bridgehead atoms. The van der Waals surface area contributed by atoms with Crippen molar-refractivity contribution >= 4 is 46.1 Å². The average molecular weight is 501 g/mol.